The van der Waals surface area contributed by atoms with Crippen LogP contribution in [-0.4, -0.2) is 60.2 Å². The smallest absolute Gasteiger partial charge is 0.224 e. The van der Waals surface area contributed by atoms with Crippen LogP contribution in [0.25, 0.3) is 10.2 Å². The van der Waals surface area contributed by atoms with Gasteiger partial charge in [-0.25, -0.2) is 4.98 Å². The molecule has 7 nitrogen and oxygen atoms in total. The molecule has 1 aliphatic rings. The summed E-state index contributed by atoms with van der Waals surface area (Å²) in [5.41, 5.74) is 2.83. The summed E-state index contributed by atoms with van der Waals surface area (Å²) < 4.78 is 1.10. The minimum atomic E-state index is -0.539. The van der Waals surface area contributed by atoms with Gasteiger partial charge in [0.25, 0.3) is 0 Å². The van der Waals surface area contributed by atoms with E-state index in [-0.39, 0.29) is 36.0 Å². The molecule has 1 saturated heterocycles. The number of benzene rings is 1. The number of aromatic nitrogens is 1. The topological polar surface area (TPSA) is 91.4 Å². The Morgan fingerprint density at radius 2 is 1.87 bits per heavy atom. The van der Waals surface area contributed by atoms with Crippen molar-refractivity contribution in [3.05, 3.63) is 40.9 Å². The summed E-state index contributed by atoms with van der Waals surface area (Å²) in [5.74, 6) is -0.176. The fourth-order valence-corrected chi connectivity index (χ4v) is 6.17. The zero-order chi connectivity index (χ0) is 28.5. The molecule has 0 aliphatic carbocycles. The standard InChI is InChI=1S/C31H46N4O3S/c1-7-21(4)25(12-13-27(36)22(5)19-35-14-8-9-15-35)34-31(38)24(17-29(37)32-6)18-30-33-26-11-10-23(20(2)3)16-28(26)39-30/h10-11,16,20-21,24-25H,5,7-9,12-15,17-19H2,1-4,6H3,(H,32,37)(H,34,38)/t21-,24-,25+/m0/s1. The molecular weight excluding hydrogens is 508 g/mol. The molecule has 214 valence electrons. The van der Waals surface area contributed by atoms with Crippen LogP contribution in [0.4, 0.5) is 0 Å². The lowest BCUT2D eigenvalue weighted by Gasteiger charge is -2.27. The van der Waals surface area contributed by atoms with Crippen molar-refractivity contribution in [2.45, 2.75) is 84.6 Å². The second kappa shape index (κ2) is 14.7. The minimum absolute atomic E-state index is 0.0709. The second-order valence-electron chi connectivity index (χ2n) is 11.3. The summed E-state index contributed by atoms with van der Waals surface area (Å²) >= 11 is 1.59. The van der Waals surface area contributed by atoms with E-state index in [9.17, 15) is 14.4 Å². The lowest BCUT2D eigenvalue weighted by atomic mass is 9.91. The van der Waals surface area contributed by atoms with Crippen LogP contribution < -0.4 is 10.6 Å². The summed E-state index contributed by atoms with van der Waals surface area (Å²) in [4.78, 5) is 45.8. The first-order valence-corrected chi connectivity index (χ1v) is 15.3. The highest BCUT2D eigenvalue weighted by Crippen LogP contribution is 2.28. The number of carbonyl (C=O) groups is 3. The van der Waals surface area contributed by atoms with Gasteiger partial charge in [-0.3, -0.25) is 19.3 Å². The number of carbonyl (C=O) groups excluding carboxylic acids is 3. The number of amides is 2. The van der Waals surface area contributed by atoms with Crippen LogP contribution in [0.5, 0.6) is 0 Å². The quantitative estimate of drug-likeness (QED) is 0.294. The number of rotatable bonds is 15. The molecule has 3 atom stereocenters. The summed E-state index contributed by atoms with van der Waals surface area (Å²) in [5, 5.41) is 6.72. The molecule has 0 saturated carbocycles. The second-order valence-corrected chi connectivity index (χ2v) is 12.4. The summed E-state index contributed by atoms with van der Waals surface area (Å²) in [7, 11) is 1.59. The van der Waals surface area contributed by atoms with Crippen molar-refractivity contribution in [1.29, 1.82) is 0 Å². The van der Waals surface area contributed by atoms with Crippen LogP contribution in [0, 0.1) is 11.8 Å². The normalized spacial score (nSPS) is 16.3. The largest absolute Gasteiger partial charge is 0.359 e. The highest BCUT2D eigenvalue weighted by atomic mass is 32.1. The van der Waals surface area contributed by atoms with Gasteiger partial charge in [0.05, 0.1) is 21.1 Å². The maximum atomic E-state index is 13.6. The van der Waals surface area contributed by atoms with E-state index >= 15 is 0 Å². The molecule has 0 radical (unpaired) electrons. The summed E-state index contributed by atoms with van der Waals surface area (Å²) in [6, 6.07) is 6.15. The first kappa shape index (κ1) is 31.0. The molecule has 1 aliphatic heterocycles. The van der Waals surface area contributed by atoms with E-state index in [1.54, 1.807) is 18.4 Å². The Morgan fingerprint density at radius 3 is 2.51 bits per heavy atom. The molecule has 1 aromatic carbocycles. The van der Waals surface area contributed by atoms with E-state index in [2.05, 4.69) is 61.9 Å². The predicted molar refractivity (Wildman–Crippen MR) is 160 cm³/mol. The van der Waals surface area contributed by atoms with E-state index < -0.39 is 5.92 Å². The lowest BCUT2D eigenvalue weighted by Crippen LogP contribution is -2.44. The van der Waals surface area contributed by atoms with Crippen LogP contribution in [0.15, 0.2) is 30.4 Å². The SMILES string of the molecule is C=C(CN1CCCC1)C(=O)CC[C@@H](NC(=O)[C@@H](CC(=O)NC)Cc1nc2ccc(C(C)C)cc2s1)[C@@H](C)CC. The van der Waals surface area contributed by atoms with E-state index in [0.717, 1.165) is 34.7 Å². The summed E-state index contributed by atoms with van der Waals surface area (Å²) in [6.45, 7) is 15.2. The minimum Gasteiger partial charge on any atom is -0.359 e. The van der Waals surface area contributed by atoms with Crippen molar-refractivity contribution in [2.75, 3.05) is 26.7 Å². The van der Waals surface area contributed by atoms with Crippen LogP contribution in [0.1, 0.15) is 82.7 Å². The van der Waals surface area contributed by atoms with Gasteiger partial charge in [-0.05, 0) is 61.9 Å². The predicted octanol–water partition coefficient (Wildman–Crippen LogP) is 5.25. The van der Waals surface area contributed by atoms with E-state index in [0.29, 0.717) is 37.3 Å². The molecule has 3 rings (SSSR count). The number of ketones is 1. The fourth-order valence-electron chi connectivity index (χ4n) is 5.08. The molecule has 0 bridgehead atoms. The van der Waals surface area contributed by atoms with Crippen molar-refractivity contribution in [3.8, 4) is 0 Å². The van der Waals surface area contributed by atoms with Gasteiger partial charge in [0.1, 0.15) is 0 Å². The molecule has 2 N–H and O–H groups in total. The zero-order valence-corrected chi connectivity index (χ0v) is 25.2. The Balaban J connectivity index is 1.68. The molecule has 2 amide bonds. The number of nitrogens with zero attached hydrogens (tertiary/aromatic N) is 2. The monoisotopic (exact) mass is 554 g/mol. The van der Waals surface area contributed by atoms with Crippen LogP contribution in [0.2, 0.25) is 0 Å². The molecule has 0 spiro atoms. The number of thiazole rings is 1. The van der Waals surface area contributed by atoms with Crippen molar-refractivity contribution in [3.63, 3.8) is 0 Å². The van der Waals surface area contributed by atoms with Gasteiger partial charge in [-0.15, -0.1) is 11.3 Å². The Kier molecular flexibility index (Phi) is 11.7. The fraction of sp³-hybridized carbons (Fsp3) is 0.613. The maximum absolute atomic E-state index is 13.6. The number of Topliss-reactive ketones (excluding diaryl/α,β-unsaturated/α-hetero) is 1. The van der Waals surface area contributed by atoms with Crippen molar-refractivity contribution >= 4 is 39.2 Å². The third-order valence-electron chi connectivity index (χ3n) is 7.97. The zero-order valence-electron chi connectivity index (χ0n) is 24.3. The molecule has 8 heteroatoms. The van der Waals surface area contributed by atoms with Crippen molar-refractivity contribution in [2.24, 2.45) is 11.8 Å². The van der Waals surface area contributed by atoms with Crippen LogP contribution >= 0.6 is 11.3 Å². The third-order valence-corrected chi connectivity index (χ3v) is 9.01. The Hall–Kier alpha value is -2.58. The Morgan fingerprint density at radius 1 is 1.15 bits per heavy atom. The lowest BCUT2D eigenvalue weighted by molar-refractivity contribution is -0.131. The van der Waals surface area contributed by atoms with Gasteiger partial charge >= 0.3 is 0 Å². The molecule has 2 heterocycles. The van der Waals surface area contributed by atoms with Gasteiger partial charge in [-0.2, -0.15) is 0 Å². The highest BCUT2D eigenvalue weighted by Gasteiger charge is 2.28. The van der Waals surface area contributed by atoms with Gasteiger partial charge in [0.2, 0.25) is 11.8 Å². The summed E-state index contributed by atoms with van der Waals surface area (Å²) in [6.07, 6.45) is 4.64. The van der Waals surface area contributed by atoms with E-state index in [1.165, 1.54) is 18.4 Å². The first-order valence-electron chi connectivity index (χ1n) is 14.4. The maximum Gasteiger partial charge on any atom is 0.224 e. The highest BCUT2D eigenvalue weighted by molar-refractivity contribution is 7.18. The van der Waals surface area contributed by atoms with Gasteiger partial charge in [0.15, 0.2) is 5.78 Å². The molecule has 1 aromatic heterocycles. The van der Waals surface area contributed by atoms with Gasteiger partial charge < -0.3 is 10.6 Å². The third kappa shape index (κ3) is 8.97. The number of fused-ring (bicyclic) bond motifs is 1. The number of nitrogens with one attached hydrogen (secondary N) is 2. The van der Waals surface area contributed by atoms with Crippen LogP contribution in [0.3, 0.4) is 0 Å². The average Bonchev–Trinajstić information content (AvgIpc) is 3.58. The van der Waals surface area contributed by atoms with Crippen molar-refractivity contribution < 1.29 is 14.4 Å². The molecule has 0 unspecified atom stereocenters. The molecule has 2 aromatic rings. The average molecular weight is 555 g/mol. The van der Waals surface area contributed by atoms with Gasteiger partial charge in [-0.1, -0.05) is 46.8 Å². The Labute approximate surface area is 237 Å². The number of hydrogen-bond donors (Lipinski definition) is 2. The first-order chi connectivity index (χ1) is 18.6. The van der Waals surface area contributed by atoms with Crippen molar-refractivity contribution in [1.82, 2.24) is 20.5 Å². The Bertz CT molecular complexity index is 1150. The number of hydrogen-bond acceptors (Lipinski definition) is 6. The van der Waals surface area contributed by atoms with E-state index in [1.807, 2.05) is 6.07 Å². The van der Waals surface area contributed by atoms with Crippen LogP contribution in [-0.2, 0) is 20.8 Å². The molecule has 1 fully saturated rings. The number of likely N-dealkylation sites (tertiary alicyclic amines) is 1. The molecular formula is C31H46N4O3S. The van der Waals surface area contributed by atoms with Gasteiger partial charge in [0, 0.05) is 44.5 Å². The van der Waals surface area contributed by atoms with E-state index in [4.69, 9.17) is 4.98 Å². The molecule has 39 heavy (non-hydrogen) atoms.